The van der Waals surface area contributed by atoms with Crippen LogP contribution >= 0.6 is 0 Å². The minimum absolute atomic E-state index is 0.488. The quantitative estimate of drug-likeness (QED) is 0.649. The van der Waals surface area contributed by atoms with Gasteiger partial charge in [0.25, 0.3) is 0 Å². The van der Waals surface area contributed by atoms with Gasteiger partial charge in [-0.3, -0.25) is 0 Å². The van der Waals surface area contributed by atoms with E-state index < -0.39 is 0 Å². The fourth-order valence-electron chi connectivity index (χ4n) is 2.95. The summed E-state index contributed by atoms with van der Waals surface area (Å²) in [6.45, 7) is 13.3. The van der Waals surface area contributed by atoms with Crippen LogP contribution in [0.2, 0.25) is 0 Å². The fourth-order valence-corrected chi connectivity index (χ4v) is 2.95. The van der Waals surface area contributed by atoms with Gasteiger partial charge >= 0.3 is 0 Å². The molecule has 0 spiro atoms. The van der Waals surface area contributed by atoms with Crippen molar-refractivity contribution >= 4 is 0 Å². The van der Waals surface area contributed by atoms with Crippen LogP contribution in [0.1, 0.15) is 66.2 Å². The minimum atomic E-state index is 0.488. The predicted molar refractivity (Wildman–Crippen MR) is 83.5 cm³/mol. The molecular weight excluding hydrogens is 232 g/mol. The summed E-state index contributed by atoms with van der Waals surface area (Å²) in [4.78, 5) is 2.75. The van der Waals surface area contributed by atoms with Crippen LogP contribution in [0.4, 0.5) is 0 Å². The van der Waals surface area contributed by atoms with E-state index in [1.165, 1.54) is 58.2 Å². The van der Waals surface area contributed by atoms with Crippen molar-refractivity contribution in [2.45, 2.75) is 78.3 Å². The van der Waals surface area contributed by atoms with Gasteiger partial charge in [-0.25, -0.2) is 0 Å². The Morgan fingerprint density at radius 3 is 2.16 bits per heavy atom. The van der Waals surface area contributed by atoms with Crippen molar-refractivity contribution in [2.75, 3.05) is 19.6 Å². The third-order valence-corrected chi connectivity index (χ3v) is 5.30. The average Bonchev–Trinajstić information content (AvgIpc) is 3.27. The smallest absolute Gasteiger partial charge is 0.00684 e. The molecule has 0 aromatic carbocycles. The molecule has 1 N–H and O–H groups in total. The van der Waals surface area contributed by atoms with Gasteiger partial charge in [-0.2, -0.15) is 0 Å². The van der Waals surface area contributed by atoms with E-state index >= 15 is 0 Å². The number of hydrogen-bond donors (Lipinski definition) is 1. The van der Waals surface area contributed by atoms with E-state index in [0.29, 0.717) is 11.5 Å². The zero-order valence-electron chi connectivity index (χ0n) is 13.5. The van der Waals surface area contributed by atoms with Gasteiger partial charge in [0.2, 0.25) is 0 Å². The highest BCUT2D eigenvalue weighted by atomic mass is 15.2. The molecule has 2 nitrogen and oxygen atoms in total. The van der Waals surface area contributed by atoms with Gasteiger partial charge in [0.15, 0.2) is 0 Å². The maximum atomic E-state index is 3.79. The lowest BCUT2D eigenvalue weighted by Gasteiger charge is -2.39. The Morgan fingerprint density at radius 2 is 1.74 bits per heavy atom. The molecule has 2 saturated carbocycles. The molecule has 112 valence electrons. The Hall–Kier alpha value is -0.0800. The molecule has 0 amide bonds. The Kier molecular flexibility index (Phi) is 5.30. The average molecular weight is 266 g/mol. The first-order chi connectivity index (χ1) is 9.08. The van der Waals surface area contributed by atoms with Crippen molar-refractivity contribution in [3.05, 3.63) is 0 Å². The van der Waals surface area contributed by atoms with Crippen LogP contribution in [0.25, 0.3) is 0 Å². The Morgan fingerprint density at radius 1 is 1.11 bits per heavy atom. The molecule has 0 aliphatic heterocycles. The minimum Gasteiger partial charge on any atom is -0.313 e. The van der Waals surface area contributed by atoms with E-state index in [4.69, 9.17) is 0 Å². The predicted octanol–water partition coefficient (Wildman–Crippen LogP) is 3.67. The van der Waals surface area contributed by atoms with Crippen LogP contribution < -0.4 is 5.32 Å². The molecule has 0 aromatic rings. The van der Waals surface area contributed by atoms with Gasteiger partial charge in [-0.05, 0) is 63.7 Å². The van der Waals surface area contributed by atoms with Crippen LogP contribution in [0.3, 0.4) is 0 Å². The molecule has 19 heavy (non-hydrogen) atoms. The third kappa shape index (κ3) is 4.75. The van der Waals surface area contributed by atoms with E-state index in [9.17, 15) is 0 Å². The topological polar surface area (TPSA) is 15.3 Å². The number of rotatable bonds is 10. The van der Waals surface area contributed by atoms with Crippen LogP contribution in [0, 0.1) is 11.3 Å². The molecule has 2 aliphatic carbocycles. The second kappa shape index (κ2) is 6.58. The molecule has 0 aromatic heterocycles. The SMILES string of the molecule is CCC(CC)(CNC1CC1)CN(CC1CC1)C(C)C. The first-order valence-corrected chi connectivity index (χ1v) is 8.56. The summed E-state index contributed by atoms with van der Waals surface area (Å²) in [7, 11) is 0. The van der Waals surface area contributed by atoms with E-state index in [1.54, 1.807) is 0 Å². The molecule has 2 fully saturated rings. The summed E-state index contributed by atoms with van der Waals surface area (Å²) < 4.78 is 0. The maximum Gasteiger partial charge on any atom is 0.00684 e. The summed E-state index contributed by atoms with van der Waals surface area (Å²) in [5, 5.41) is 3.79. The molecule has 0 bridgehead atoms. The molecule has 0 saturated heterocycles. The monoisotopic (exact) mass is 266 g/mol. The number of nitrogens with zero attached hydrogens (tertiary/aromatic N) is 1. The fraction of sp³-hybridized carbons (Fsp3) is 1.00. The highest BCUT2D eigenvalue weighted by molar-refractivity contribution is 4.90. The van der Waals surface area contributed by atoms with Crippen molar-refractivity contribution < 1.29 is 0 Å². The summed E-state index contributed by atoms with van der Waals surface area (Å²) in [5.41, 5.74) is 0.488. The largest absolute Gasteiger partial charge is 0.313 e. The second-order valence-corrected chi connectivity index (χ2v) is 7.33. The number of hydrogen-bond acceptors (Lipinski definition) is 2. The highest BCUT2D eigenvalue weighted by Crippen LogP contribution is 2.34. The lowest BCUT2D eigenvalue weighted by atomic mass is 9.81. The summed E-state index contributed by atoms with van der Waals surface area (Å²) >= 11 is 0. The van der Waals surface area contributed by atoms with Crippen LogP contribution in [-0.4, -0.2) is 36.6 Å². The van der Waals surface area contributed by atoms with Crippen LogP contribution in [0.15, 0.2) is 0 Å². The first kappa shape index (κ1) is 15.3. The van der Waals surface area contributed by atoms with Crippen molar-refractivity contribution in [1.29, 1.82) is 0 Å². The molecule has 2 heteroatoms. The molecule has 0 unspecified atom stereocenters. The second-order valence-electron chi connectivity index (χ2n) is 7.33. The lowest BCUT2D eigenvalue weighted by molar-refractivity contribution is 0.105. The summed E-state index contributed by atoms with van der Waals surface area (Å²) in [5.74, 6) is 1.00. The van der Waals surface area contributed by atoms with Gasteiger partial charge in [0.05, 0.1) is 0 Å². The standard InChI is InChI=1S/C17H34N2/c1-5-17(6-2,12-18-16-9-10-16)13-19(14(3)4)11-15-7-8-15/h14-16,18H,5-13H2,1-4H3. The molecule has 0 heterocycles. The van der Waals surface area contributed by atoms with Gasteiger partial charge < -0.3 is 10.2 Å². The van der Waals surface area contributed by atoms with Crippen molar-refractivity contribution in [3.8, 4) is 0 Å². The van der Waals surface area contributed by atoms with Gasteiger partial charge in [-0.15, -0.1) is 0 Å². The first-order valence-electron chi connectivity index (χ1n) is 8.56. The normalized spacial score (nSPS) is 20.5. The Balaban J connectivity index is 1.90. The molecule has 0 radical (unpaired) electrons. The van der Waals surface area contributed by atoms with Gasteiger partial charge in [-0.1, -0.05) is 13.8 Å². The van der Waals surface area contributed by atoms with Gasteiger partial charge in [0, 0.05) is 31.7 Å². The van der Waals surface area contributed by atoms with Crippen molar-refractivity contribution in [3.63, 3.8) is 0 Å². The van der Waals surface area contributed by atoms with E-state index in [1.807, 2.05) is 0 Å². The van der Waals surface area contributed by atoms with E-state index in [-0.39, 0.29) is 0 Å². The van der Waals surface area contributed by atoms with Crippen LogP contribution in [0.5, 0.6) is 0 Å². The maximum absolute atomic E-state index is 3.79. The Labute approximate surface area is 120 Å². The zero-order valence-corrected chi connectivity index (χ0v) is 13.5. The zero-order chi connectivity index (χ0) is 13.9. The van der Waals surface area contributed by atoms with E-state index in [0.717, 1.165) is 12.0 Å². The lowest BCUT2D eigenvalue weighted by Crippen LogP contribution is -2.47. The van der Waals surface area contributed by atoms with Crippen LogP contribution in [-0.2, 0) is 0 Å². The molecule has 2 rings (SSSR count). The molecule has 2 aliphatic rings. The van der Waals surface area contributed by atoms with Crippen molar-refractivity contribution in [2.24, 2.45) is 11.3 Å². The molecular formula is C17H34N2. The number of nitrogens with one attached hydrogen (secondary N) is 1. The summed E-state index contributed by atoms with van der Waals surface area (Å²) in [6.07, 6.45) is 8.34. The molecule has 0 atom stereocenters. The third-order valence-electron chi connectivity index (χ3n) is 5.30. The highest BCUT2D eigenvalue weighted by Gasteiger charge is 2.34. The van der Waals surface area contributed by atoms with Gasteiger partial charge in [0.1, 0.15) is 0 Å². The van der Waals surface area contributed by atoms with E-state index in [2.05, 4.69) is 37.9 Å². The van der Waals surface area contributed by atoms with Crippen molar-refractivity contribution in [1.82, 2.24) is 10.2 Å². The Bertz CT molecular complexity index is 262. The summed E-state index contributed by atoms with van der Waals surface area (Å²) in [6, 6.07) is 1.53.